The number of hydrogen-bond acceptors (Lipinski definition) is 0. The van der Waals surface area contributed by atoms with E-state index in [-0.39, 0.29) is 20.3 Å². The Morgan fingerprint density at radius 2 is 0.962 bits per heavy atom. The fourth-order valence-corrected chi connectivity index (χ4v) is 12.4. The van der Waals surface area contributed by atoms with E-state index >= 15 is 0 Å². The van der Waals surface area contributed by atoms with Crippen molar-refractivity contribution in [2.45, 2.75) is 129 Å². The van der Waals surface area contributed by atoms with E-state index in [9.17, 15) is 0 Å². The SMILES string of the molecule is CC1=Cc2c(cc3c(c2-c2ccc(C(C)(C)C)cc2)CCC3)C1C[SiH2]CC1C(C)=Cc2c1cc1c(c2-c2ccc(C(C)(C)C)cc2)CCC1.[Cl][Zr][Cl]. The van der Waals surface area contributed by atoms with Crippen molar-refractivity contribution in [2.75, 3.05) is 0 Å². The summed E-state index contributed by atoms with van der Waals surface area (Å²) in [5.74, 6) is 1.20. The molecule has 4 aliphatic rings. The quantitative estimate of drug-likeness (QED) is 0.170. The molecule has 0 nitrogen and oxygen atoms in total. The van der Waals surface area contributed by atoms with E-state index in [1.807, 2.05) is 0 Å². The standard InChI is InChI=1S/C48H56Si.2ClH.Zr/c1-29-23-41-39(25-33-11-9-13-37(33)45(41)31-15-19-35(20-16-31)47(3,4)5)43(29)27-49-28-44-30(2)24-42-40(44)26-34-12-10-14-38(34)46(42)32-17-21-36(22-18-32)48(6,7)8;;;/h15-26,43-44H,9-14,27-28,49H2,1-8H3;2*1H;/q;;;+2/p-2. The first kappa shape index (κ1) is 38.3. The molecule has 0 N–H and O–H groups in total. The van der Waals surface area contributed by atoms with Crippen LogP contribution in [-0.4, -0.2) is 9.52 Å². The van der Waals surface area contributed by atoms with Crippen molar-refractivity contribution in [3.8, 4) is 22.3 Å². The average molecular weight is 823 g/mol. The summed E-state index contributed by atoms with van der Waals surface area (Å²) in [5, 5.41) is 0. The molecule has 0 saturated carbocycles. The van der Waals surface area contributed by atoms with Crippen molar-refractivity contribution in [3.05, 3.63) is 127 Å². The molecule has 0 amide bonds. The molecule has 4 aliphatic carbocycles. The van der Waals surface area contributed by atoms with Gasteiger partial charge in [0.25, 0.3) is 0 Å². The van der Waals surface area contributed by atoms with Gasteiger partial charge < -0.3 is 0 Å². The Kier molecular flexibility index (Phi) is 11.3. The Morgan fingerprint density at radius 3 is 1.31 bits per heavy atom. The zero-order valence-electron chi connectivity index (χ0n) is 32.7. The van der Waals surface area contributed by atoms with E-state index in [2.05, 4.69) is 128 Å². The molecule has 0 aliphatic heterocycles. The predicted octanol–water partition coefficient (Wildman–Crippen LogP) is 13.7. The number of aryl methyl sites for hydroxylation is 2. The number of hydrogen-bond donors (Lipinski definition) is 0. The van der Waals surface area contributed by atoms with Crippen molar-refractivity contribution in [3.63, 3.8) is 0 Å². The zero-order chi connectivity index (χ0) is 36.9. The van der Waals surface area contributed by atoms with Gasteiger partial charge in [-0.3, -0.25) is 0 Å². The summed E-state index contributed by atoms with van der Waals surface area (Å²) < 4.78 is 0. The van der Waals surface area contributed by atoms with E-state index in [0.717, 1.165) is 0 Å². The van der Waals surface area contributed by atoms with Gasteiger partial charge in [0.1, 0.15) is 0 Å². The molecule has 4 heteroatoms. The van der Waals surface area contributed by atoms with Crippen LogP contribution in [-0.2, 0) is 57.4 Å². The Labute approximate surface area is 335 Å². The first-order valence-electron chi connectivity index (χ1n) is 19.7. The molecule has 0 radical (unpaired) electrons. The molecule has 4 aromatic rings. The normalized spacial score (nSPS) is 18.8. The van der Waals surface area contributed by atoms with Crippen LogP contribution >= 0.6 is 17.0 Å². The molecule has 0 aromatic heterocycles. The van der Waals surface area contributed by atoms with E-state index in [1.54, 1.807) is 66.8 Å². The van der Waals surface area contributed by atoms with Gasteiger partial charge in [-0.25, -0.2) is 0 Å². The molecule has 0 bridgehead atoms. The van der Waals surface area contributed by atoms with Crippen LogP contribution in [0.15, 0.2) is 71.8 Å². The molecule has 0 spiro atoms. The van der Waals surface area contributed by atoms with Crippen LogP contribution in [0, 0.1) is 0 Å². The fraction of sp³-hybridized carbons (Fsp3) is 0.417. The zero-order valence-corrected chi connectivity index (χ0v) is 38.1. The Balaban J connectivity index is 0.00000136. The molecule has 270 valence electrons. The molecule has 0 heterocycles. The summed E-state index contributed by atoms with van der Waals surface area (Å²) in [5.41, 5.74) is 25.2. The first-order chi connectivity index (χ1) is 24.8. The molecule has 2 unspecified atom stereocenters. The van der Waals surface area contributed by atoms with Gasteiger partial charge in [0.15, 0.2) is 0 Å². The van der Waals surface area contributed by atoms with E-state index < -0.39 is 20.8 Å². The second kappa shape index (κ2) is 15.3. The predicted molar refractivity (Wildman–Crippen MR) is 228 cm³/mol. The molecule has 8 rings (SSSR count). The van der Waals surface area contributed by atoms with Crippen LogP contribution in [0.3, 0.4) is 0 Å². The summed E-state index contributed by atoms with van der Waals surface area (Å²) in [6.45, 7) is 18.8. The fourth-order valence-electron chi connectivity index (χ4n) is 9.83. The summed E-state index contributed by atoms with van der Waals surface area (Å²) in [7, 11) is 9.58. The van der Waals surface area contributed by atoms with Crippen LogP contribution in [0.25, 0.3) is 34.4 Å². The molecular weight excluding hydrogens is 767 g/mol. The Morgan fingerprint density at radius 1 is 0.596 bits per heavy atom. The van der Waals surface area contributed by atoms with Gasteiger partial charge >= 0.3 is 37.9 Å². The third-order valence-electron chi connectivity index (χ3n) is 12.6. The van der Waals surface area contributed by atoms with Gasteiger partial charge in [0.2, 0.25) is 0 Å². The summed E-state index contributed by atoms with van der Waals surface area (Å²) in [4.78, 5) is 0. The average Bonchev–Trinajstić information content (AvgIpc) is 3.89. The minimum atomic E-state index is -0.826. The molecular formula is C48H56Cl2SiZr. The first-order valence-corrected chi connectivity index (χ1v) is 28.0. The monoisotopic (exact) mass is 820 g/mol. The second-order valence-corrected chi connectivity index (χ2v) is 23.6. The van der Waals surface area contributed by atoms with E-state index in [4.69, 9.17) is 17.0 Å². The Bertz CT molecular complexity index is 1890. The van der Waals surface area contributed by atoms with Gasteiger partial charge in [-0.15, -0.1) is 0 Å². The maximum absolute atomic E-state index is 4.93. The van der Waals surface area contributed by atoms with Crippen molar-refractivity contribution < 1.29 is 20.8 Å². The summed E-state index contributed by atoms with van der Waals surface area (Å²) >= 11 is -0.826. The van der Waals surface area contributed by atoms with Crippen molar-refractivity contribution in [2.24, 2.45) is 0 Å². The number of halogens is 2. The number of rotatable bonds is 6. The van der Waals surface area contributed by atoms with Crippen LogP contribution < -0.4 is 0 Å². The summed E-state index contributed by atoms with van der Waals surface area (Å²) in [6, 6.07) is 27.2. The van der Waals surface area contributed by atoms with Crippen molar-refractivity contribution in [1.82, 2.24) is 0 Å². The van der Waals surface area contributed by atoms with E-state index in [0.29, 0.717) is 11.8 Å². The van der Waals surface area contributed by atoms with Gasteiger partial charge in [0.05, 0.1) is 0 Å². The molecule has 52 heavy (non-hydrogen) atoms. The number of benzene rings is 4. The van der Waals surface area contributed by atoms with Gasteiger partial charge in [-0.1, -0.05) is 138 Å². The molecule has 4 aromatic carbocycles. The second-order valence-electron chi connectivity index (χ2n) is 18.0. The van der Waals surface area contributed by atoms with Crippen LogP contribution in [0.1, 0.15) is 136 Å². The topological polar surface area (TPSA) is 0 Å². The number of allylic oxidation sites excluding steroid dienone is 2. The minimum absolute atomic E-state index is 0.179. The summed E-state index contributed by atoms with van der Waals surface area (Å²) in [6.07, 6.45) is 12.7. The van der Waals surface area contributed by atoms with Gasteiger partial charge in [0, 0.05) is 21.4 Å². The molecule has 2 atom stereocenters. The molecule has 0 fully saturated rings. The van der Waals surface area contributed by atoms with Crippen LogP contribution in [0.5, 0.6) is 0 Å². The van der Waals surface area contributed by atoms with Crippen LogP contribution in [0.2, 0.25) is 12.1 Å². The number of fused-ring (bicyclic) bond motifs is 4. The third kappa shape index (κ3) is 7.38. The molecule has 0 saturated heterocycles. The van der Waals surface area contributed by atoms with Crippen molar-refractivity contribution in [1.29, 1.82) is 0 Å². The third-order valence-corrected chi connectivity index (χ3v) is 14.6. The maximum atomic E-state index is 4.93. The Hall–Kier alpha value is -1.96. The van der Waals surface area contributed by atoms with Crippen molar-refractivity contribution >= 4 is 38.7 Å². The van der Waals surface area contributed by atoms with Gasteiger partial charge in [-0.2, -0.15) is 0 Å². The van der Waals surface area contributed by atoms with Gasteiger partial charge in [-0.05, 0) is 141 Å². The van der Waals surface area contributed by atoms with E-state index in [1.165, 1.54) is 72.9 Å². The van der Waals surface area contributed by atoms with Crippen LogP contribution in [0.4, 0.5) is 0 Å².